The molecule has 6 nitrogen and oxygen atoms in total. The first-order valence-corrected chi connectivity index (χ1v) is 7.97. The number of benzene rings is 1. The Morgan fingerprint density at radius 2 is 1.60 bits per heavy atom. The van der Waals surface area contributed by atoms with Crippen LogP contribution in [0.15, 0.2) is 24.3 Å². The minimum Gasteiger partial charge on any atom is -0.308 e. The lowest BCUT2D eigenvalue weighted by Crippen LogP contribution is -2.21. The smallest absolute Gasteiger partial charge is 0.308 e. The Labute approximate surface area is 118 Å². The van der Waals surface area contributed by atoms with E-state index in [2.05, 4.69) is 0 Å². The summed E-state index contributed by atoms with van der Waals surface area (Å²) >= 11 is 0. The van der Waals surface area contributed by atoms with Crippen LogP contribution in [0, 0.1) is 10.1 Å². The van der Waals surface area contributed by atoms with Crippen LogP contribution in [0.4, 0.5) is 5.69 Å². The molecule has 0 heterocycles. The number of nitrogens with zero attached hydrogens (tertiary/aromatic N) is 1. The van der Waals surface area contributed by atoms with Gasteiger partial charge in [0, 0.05) is 12.1 Å². The minimum absolute atomic E-state index is 0.00722. The van der Waals surface area contributed by atoms with Crippen LogP contribution in [-0.2, 0) is 18.8 Å². The number of hydrogen-bond acceptors (Lipinski definition) is 5. The van der Waals surface area contributed by atoms with E-state index in [0.717, 1.165) is 0 Å². The van der Waals surface area contributed by atoms with Crippen molar-refractivity contribution in [2.45, 2.75) is 32.9 Å². The normalized spacial score (nSPS) is 12.4. The first-order chi connectivity index (χ1) is 9.28. The number of nitro groups is 1. The zero-order valence-corrected chi connectivity index (χ0v) is 13.1. The Morgan fingerprint density at radius 3 is 1.95 bits per heavy atom. The van der Waals surface area contributed by atoms with E-state index in [1.54, 1.807) is 39.8 Å². The molecule has 0 saturated heterocycles. The third-order valence-electron chi connectivity index (χ3n) is 3.07. The van der Waals surface area contributed by atoms with E-state index < -0.39 is 17.7 Å². The molecule has 0 aliphatic carbocycles. The molecule has 1 aromatic rings. The fraction of sp³-hybridized carbons (Fsp3) is 0.538. The van der Waals surface area contributed by atoms with Gasteiger partial charge in [-0.05, 0) is 33.3 Å². The first-order valence-electron chi connectivity index (χ1n) is 6.42. The maximum atomic E-state index is 12.9. The lowest BCUT2D eigenvalue weighted by atomic mass is 10.0. The molecule has 0 bridgehead atoms. The summed E-state index contributed by atoms with van der Waals surface area (Å²) in [7, 11) is -3.35. The maximum absolute atomic E-state index is 12.9. The zero-order chi connectivity index (χ0) is 15.4. The predicted octanol–water partition coefficient (Wildman–Crippen LogP) is 4.10. The van der Waals surface area contributed by atoms with Crippen molar-refractivity contribution in [2.75, 3.05) is 13.2 Å². The van der Waals surface area contributed by atoms with Gasteiger partial charge in [-0.25, -0.2) is 0 Å². The van der Waals surface area contributed by atoms with Crippen molar-refractivity contribution in [3.05, 3.63) is 39.9 Å². The van der Waals surface area contributed by atoms with Gasteiger partial charge in [0.25, 0.3) is 5.69 Å². The van der Waals surface area contributed by atoms with Crippen LogP contribution in [0.5, 0.6) is 0 Å². The minimum atomic E-state index is -3.35. The molecule has 7 heteroatoms. The van der Waals surface area contributed by atoms with E-state index in [0.29, 0.717) is 5.56 Å². The Bertz CT molecular complexity index is 502. The lowest BCUT2D eigenvalue weighted by Gasteiger charge is -2.33. The molecule has 1 aromatic carbocycles. The summed E-state index contributed by atoms with van der Waals surface area (Å²) in [6, 6.07) is 5.95. The van der Waals surface area contributed by atoms with Crippen molar-refractivity contribution in [1.82, 2.24) is 0 Å². The molecule has 0 amide bonds. The van der Waals surface area contributed by atoms with Gasteiger partial charge in [0.05, 0.1) is 23.3 Å². The molecular weight excluding hydrogens is 281 g/mol. The van der Waals surface area contributed by atoms with Crippen LogP contribution in [-0.4, -0.2) is 18.1 Å². The zero-order valence-electron chi connectivity index (χ0n) is 12.2. The van der Waals surface area contributed by atoms with E-state index in [-0.39, 0.29) is 18.9 Å². The second-order valence-electron chi connectivity index (χ2n) is 4.70. The van der Waals surface area contributed by atoms with Crippen LogP contribution in [0.1, 0.15) is 33.3 Å². The molecule has 0 aromatic heterocycles. The van der Waals surface area contributed by atoms with Gasteiger partial charge in [-0.15, -0.1) is 0 Å². The highest BCUT2D eigenvalue weighted by molar-refractivity contribution is 7.55. The van der Waals surface area contributed by atoms with Gasteiger partial charge >= 0.3 is 7.60 Å². The Kier molecular flexibility index (Phi) is 5.45. The number of non-ortho nitro benzene ring substituents is 1. The van der Waals surface area contributed by atoms with Gasteiger partial charge < -0.3 is 9.05 Å². The van der Waals surface area contributed by atoms with E-state index in [1.165, 1.54) is 12.1 Å². The molecule has 1 rings (SSSR count). The molecular formula is C13H20NO5P. The second-order valence-corrected chi connectivity index (χ2v) is 7.33. The van der Waals surface area contributed by atoms with Crippen LogP contribution in [0.2, 0.25) is 0 Å². The van der Waals surface area contributed by atoms with Crippen molar-refractivity contribution >= 4 is 13.3 Å². The largest absolute Gasteiger partial charge is 0.340 e. The fourth-order valence-electron chi connectivity index (χ4n) is 1.85. The van der Waals surface area contributed by atoms with Gasteiger partial charge in [-0.2, -0.15) is 0 Å². The van der Waals surface area contributed by atoms with Crippen molar-refractivity contribution in [3.8, 4) is 0 Å². The lowest BCUT2D eigenvalue weighted by molar-refractivity contribution is -0.384. The molecule has 20 heavy (non-hydrogen) atoms. The van der Waals surface area contributed by atoms with Crippen LogP contribution in [0.25, 0.3) is 0 Å². The number of nitro benzene ring substituents is 1. The third kappa shape index (κ3) is 3.26. The Morgan fingerprint density at radius 1 is 1.15 bits per heavy atom. The Balaban J connectivity index is 3.18. The molecule has 0 aliphatic rings. The summed E-state index contributed by atoms with van der Waals surface area (Å²) in [4.78, 5) is 10.2. The molecule has 112 valence electrons. The molecule has 0 unspecified atom stereocenters. The summed E-state index contributed by atoms with van der Waals surface area (Å²) in [6.45, 7) is 7.54. The SMILES string of the molecule is CCOP(=O)(OCC)C(C)(C)c1ccc([N+](=O)[O-])cc1. The standard InChI is InChI=1S/C13H20NO5P/c1-5-18-20(17,19-6-2)13(3,4)11-7-9-12(10-8-11)14(15)16/h7-10H,5-6H2,1-4H3. The fourth-order valence-corrected chi connectivity index (χ4v) is 3.71. The maximum Gasteiger partial charge on any atom is 0.340 e. The van der Waals surface area contributed by atoms with Gasteiger partial charge in [0.2, 0.25) is 0 Å². The second kappa shape index (κ2) is 6.48. The van der Waals surface area contributed by atoms with Crippen LogP contribution >= 0.6 is 7.60 Å². The highest BCUT2D eigenvalue weighted by Gasteiger charge is 2.44. The van der Waals surface area contributed by atoms with Gasteiger partial charge in [0.1, 0.15) is 0 Å². The molecule has 0 aliphatic heterocycles. The molecule has 0 spiro atoms. The van der Waals surface area contributed by atoms with Crippen molar-refractivity contribution in [3.63, 3.8) is 0 Å². The average molecular weight is 301 g/mol. The van der Waals surface area contributed by atoms with Crippen molar-refractivity contribution < 1.29 is 18.5 Å². The summed E-state index contributed by atoms with van der Waals surface area (Å²) in [6.07, 6.45) is 0. The predicted molar refractivity (Wildman–Crippen MR) is 77.0 cm³/mol. The van der Waals surface area contributed by atoms with Crippen molar-refractivity contribution in [2.24, 2.45) is 0 Å². The van der Waals surface area contributed by atoms with E-state index in [4.69, 9.17) is 9.05 Å². The average Bonchev–Trinajstić information content (AvgIpc) is 2.39. The molecule has 0 fully saturated rings. The Hall–Kier alpha value is -1.23. The third-order valence-corrected chi connectivity index (χ3v) is 5.89. The van der Waals surface area contributed by atoms with Crippen molar-refractivity contribution in [1.29, 1.82) is 0 Å². The summed E-state index contributed by atoms with van der Waals surface area (Å²) < 4.78 is 23.6. The quantitative estimate of drug-likeness (QED) is 0.430. The van der Waals surface area contributed by atoms with E-state index in [1.807, 2.05) is 0 Å². The van der Waals surface area contributed by atoms with E-state index in [9.17, 15) is 14.7 Å². The van der Waals surface area contributed by atoms with Gasteiger partial charge in [0.15, 0.2) is 0 Å². The summed E-state index contributed by atoms with van der Waals surface area (Å²) in [5.41, 5.74) is 0.667. The molecule has 0 atom stereocenters. The first kappa shape index (κ1) is 16.8. The monoisotopic (exact) mass is 301 g/mol. The highest BCUT2D eigenvalue weighted by atomic mass is 31.2. The van der Waals surface area contributed by atoms with E-state index >= 15 is 0 Å². The molecule has 0 N–H and O–H groups in total. The highest BCUT2D eigenvalue weighted by Crippen LogP contribution is 2.64. The molecule has 0 radical (unpaired) electrons. The summed E-state index contributed by atoms with van der Waals surface area (Å²) in [5, 5.41) is 9.78. The van der Waals surface area contributed by atoms with Gasteiger partial charge in [-0.1, -0.05) is 12.1 Å². The van der Waals surface area contributed by atoms with Gasteiger partial charge in [-0.3, -0.25) is 14.7 Å². The van der Waals surface area contributed by atoms with Crippen LogP contribution in [0.3, 0.4) is 0 Å². The topological polar surface area (TPSA) is 78.7 Å². The number of hydrogen-bond donors (Lipinski definition) is 0. The summed E-state index contributed by atoms with van der Waals surface area (Å²) in [5.74, 6) is 0. The molecule has 0 saturated carbocycles. The van der Waals surface area contributed by atoms with Crippen LogP contribution < -0.4 is 0 Å². The number of rotatable bonds is 7.